The van der Waals surface area contributed by atoms with Crippen LogP contribution in [0.5, 0.6) is 17.2 Å². The van der Waals surface area contributed by atoms with Crippen LogP contribution in [-0.4, -0.2) is 33.5 Å². The van der Waals surface area contributed by atoms with Gasteiger partial charge in [-0.05, 0) is 25.0 Å². The summed E-state index contributed by atoms with van der Waals surface area (Å²) < 4.78 is 22.2. The third-order valence-corrected chi connectivity index (χ3v) is 2.98. The van der Waals surface area contributed by atoms with E-state index >= 15 is 0 Å². The molecule has 0 aromatic heterocycles. The van der Waals surface area contributed by atoms with Crippen molar-refractivity contribution in [3.8, 4) is 17.2 Å². The summed E-state index contributed by atoms with van der Waals surface area (Å²) in [4.78, 5) is 0. The summed E-state index contributed by atoms with van der Waals surface area (Å²) in [5.74, 6) is 2.31. The van der Waals surface area contributed by atoms with E-state index in [2.05, 4.69) is 13.8 Å². The molecule has 120 valence electrons. The lowest BCUT2D eigenvalue weighted by Gasteiger charge is -2.14. The first-order valence-corrected chi connectivity index (χ1v) is 7.83. The van der Waals surface area contributed by atoms with E-state index in [9.17, 15) is 0 Å². The van der Waals surface area contributed by atoms with Gasteiger partial charge in [0.25, 0.3) is 0 Å². The largest absolute Gasteiger partial charge is 0.493 e. The Bertz CT molecular complexity index is 379. The highest BCUT2D eigenvalue weighted by atomic mass is 16.5. The minimum atomic E-state index is 0.511. The quantitative estimate of drug-likeness (QED) is 0.545. The Labute approximate surface area is 128 Å². The molecule has 0 amide bonds. The molecule has 0 heterocycles. The maximum absolute atomic E-state index is 5.81. The lowest BCUT2D eigenvalue weighted by atomic mass is 10.3. The molecule has 0 aliphatic rings. The lowest BCUT2D eigenvalue weighted by Crippen LogP contribution is -2.07. The van der Waals surface area contributed by atoms with Crippen molar-refractivity contribution in [3.05, 3.63) is 18.2 Å². The molecule has 1 rings (SSSR count). The number of benzene rings is 1. The third kappa shape index (κ3) is 7.23. The topological polar surface area (TPSA) is 36.9 Å². The molecule has 0 fully saturated rings. The number of rotatable bonds is 12. The van der Waals surface area contributed by atoms with Gasteiger partial charge in [0, 0.05) is 13.2 Å². The summed E-state index contributed by atoms with van der Waals surface area (Å²) >= 11 is 0. The Balaban J connectivity index is 2.65. The van der Waals surface area contributed by atoms with Crippen LogP contribution in [0.4, 0.5) is 0 Å². The van der Waals surface area contributed by atoms with Gasteiger partial charge in [-0.3, -0.25) is 0 Å². The average molecular weight is 296 g/mol. The van der Waals surface area contributed by atoms with Crippen LogP contribution in [0.15, 0.2) is 18.2 Å². The molecule has 0 bridgehead atoms. The molecule has 0 unspecified atom stereocenters. The molecule has 0 spiro atoms. The molecule has 0 saturated carbocycles. The first kappa shape index (κ1) is 17.6. The van der Waals surface area contributed by atoms with E-state index in [0.29, 0.717) is 19.8 Å². The van der Waals surface area contributed by atoms with Gasteiger partial charge in [-0.2, -0.15) is 0 Å². The molecule has 0 saturated heterocycles. The third-order valence-electron chi connectivity index (χ3n) is 2.98. The maximum Gasteiger partial charge on any atom is 0.164 e. The van der Waals surface area contributed by atoms with Gasteiger partial charge >= 0.3 is 0 Å². The van der Waals surface area contributed by atoms with Crippen LogP contribution in [0.1, 0.15) is 39.5 Å². The zero-order valence-corrected chi connectivity index (χ0v) is 13.5. The number of ether oxygens (including phenoxy) is 4. The standard InChI is InChI=1S/C17H28O4/c1-4-6-10-19-15-8-9-16(21-13-12-18-3)17(14-15)20-11-7-5-2/h8-9,14H,4-7,10-13H2,1-3H3. The number of unbranched alkanes of at least 4 members (excludes halogenated alkanes) is 2. The summed E-state index contributed by atoms with van der Waals surface area (Å²) in [7, 11) is 1.66. The van der Waals surface area contributed by atoms with Crippen molar-refractivity contribution in [2.45, 2.75) is 39.5 Å². The molecule has 0 aliphatic heterocycles. The highest BCUT2D eigenvalue weighted by Gasteiger charge is 2.08. The molecule has 0 aliphatic carbocycles. The van der Waals surface area contributed by atoms with Gasteiger partial charge in [-0.25, -0.2) is 0 Å². The smallest absolute Gasteiger partial charge is 0.164 e. The van der Waals surface area contributed by atoms with Gasteiger partial charge in [0.15, 0.2) is 11.5 Å². The van der Waals surface area contributed by atoms with Crippen LogP contribution >= 0.6 is 0 Å². The molecule has 0 N–H and O–H groups in total. The first-order chi connectivity index (χ1) is 10.3. The molecular weight excluding hydrogens is 268 g/mol. The molecule has 21 heavy (non-hydrogen) atoms. The van der Waals surface area contributed by atoms with Crippen molar-refractivity contribution in [2.75, 3.05) is 33.5 Å². The van der Waals surface area contributed by atoms with Crippen molar-refractivity contribution < 1.29 is 18.9 Å². The second kappa shape index (κ2) is 11.3. The van der Waals surface area contributed by atoms with E-state index in [1.807, 2.05) is 18.2 Å². The van der Waals surface area contributed by atoms with Crippen LogP contribution in [0.3, 0.4) is 0 Å². The Morgan fingerprint density at radius 1 is 0.762 bits per heavy atom. The van der Waals surface area contributed by atoms with E-state index in [0.717, 1.165) is 49.5 Å². The van der Waals surface area contributed by atoms with Gasteiger partial charge in [-0.1, -0.05) is 26.7 Å². The highest BCUT2D eigenvalue weighted by Crippen LogP contribution is 2.32. The van der Waals surface area contributed by atoms with Gasteiger partial charge in [0.05, 0.1) is 19.8 Å². The zero-order valence-electron chi connectivity index (χ0n) is 13.5. The van der Waals surface area contributed by atoms with Gasteiger partial charge < -0.3 is 18.9 Å². The molecule has 1 aromatic carbocycles. The number of methoxy groups -OCH3 is 1. The van der Waals surface area contributed by atoms with Gasteiger partial charge in [0.2, 0.25) is 0 Å². The summed E-state index contributed by atoms with van der Waals surface area (Å²) in [6.07, 6.45) is 4.31. The minimum absolute atomic E-state index is 0.511. The van der Waals surface area contributed by atoms with E-state index in [1.54, 1.807) is 7.11 Å². The zero-order chi connectivity index (χ0) is 15.3. The second-order valence-electron chi connectivity index (χ2n) is 4.85. The van der Waals surface area contributed by atoms with Crippen molar-refractivity contribution in [1.29, 1.82) is 0 Å². The Hall–Kier alpha value is -1.42. The van der Waals surface area contributed by atoms with Crippen LogP contribution in [0.25, 0.3) is 0 Å². The summed E-state index contributed by atoms with van der Waals surface area (Å²) in [6, 6.07) is 5.73. The number of hydrogen-bond acceptors (Lipinski definition) is 4. The lowest BCUT2D eigenvalue weighted by molar-refractivity contribution is 0.143. The fourth-order valence-electron chi connectivity index (χ4n) is 1.71. The molecular formula is C17H28O4. The van der Waals surface area contributed by atoms with E-state index in [1.165, 1.54) is 0 Å². The summed E-state index contributed by atoms with van der Waals surface area (Å²) in [6.45, 7) is 6.78. The second-order valence-corrected chi connectivity index (χ2v) is 4.85. The van der Waals surface area contributed by atoms with Gasteiger partial charge in [0.1, 0.15) is 12.4 Å². The van der Waals surface area contributed by atoms with Crippen LogP contribution < -0.4 is 14.2 Å². The van der Waals surface area contributed by atoms with Crippen LogP contribution in [0.2, 0.25) is 0 Å². The van der Waals surface area contributed by atoms with Crippen molar-refractivity contribution in [2.24, 2.45) is 0 Å². The fourth-order valence-corrected chi connectivity index (χ4v) is 1.71. The minimum Gasteiger partial charge on any atom is -0.493 e. The Morgan fingerprint density at radius 2 is 1.43 bits per heavy atom. The van der Waals surface area contributed by atoms with Crippen LogP contribution in [-0.2, 0) is 4.74 Å². The molecule has 4 nitrogen and oxygen atoms in total. The normalized spacial score (nSPS) is 10.4. The molecule has 1 aromatic rings. The summed E-state index contributed by atoms with van der Waals surface area (Å²) in [5.41, 5.74) is 0. The average Bonchev–Trinajstić information content (AvgIpc) is 2.50. The number of hydrogen-bond donors (Lipinski definition) is 0. The highest BCUT2D eigenvalue weighted by molar-refractivity contribution is 5.45. The maximum atomic E-state index is 5.81. The SMILES string of the molecule is CCCCOc1ccc(OCCOC)c(OCCCC)c1. The Kier molecular flexibility index (Phi) is 9.46. The first-order valence-electron chi connectivity index (χ1n) is 7.83. The van der Waals surface area contributed by atoms with E-state index in [-0.39, 0.29) is 0 Å². The predicted octanol–water partition coefficient (Wildman–Crippen LogP) is 4.07. The molecule has 0 atom stereocenters. The monoisotopic (exact) mass is 296 g/mol. The summed E-state index contributed by atoms with van der Waals surface area (Å²) in [5, 5.41) is 0. The molecule has 4 heteroatoms. The van der Waals surface area contributed by atoms with Crippen molar-refractivity contribution >= 4 is 0 Å². The fraction of sp³-hybridized carbons (Fsp3) is 0.647. The van der Waals surface area contributed by atoms with Gasteiger partial charge in [-0.15, -0.1) is 0 Å². The molecule has 0 radical (unpaired) electrons. The van der Waals surface area contributed by atoms with E-state index in [4.69, 9.17) is 18.9 Å². The Morgan fingerprint density at radius 3 is 2.10 bits per heavy atom. The van der Waals surface area contributed by atoms with Crippen molar-refractivity contribution in [1.82, 2.24) is 0 Å². The predicted molar refractivity (Wildman–Crippen MR) is 84.6 cm³/mol. The van der Waals surface area contributed by atoms with E-state index < -0.39 is 0 Å². The van der Waals surface area contributed by atoms with Crippen molar-refractivity contribution in [3.63, 3.8) is 0 Å². The van der Waals surface area contributed by atoms with Crippen LogP contribution in [0, 0.1) is 0 Å².